The Morgan fingerprint density at radius 1 is 1.36 bits per heavy atom. The number of amides is 1. The monoisotopic (exact) mass is 333 g/mol. The standard InChI is InChI=1S/C13H17F2N3O3S/c14-13(15)7-11(18-8-13)12(19)17-6-5-9-1-3-10(4-2-9)22(16,20)21/h1-4,11,18H,5-8H2,(H,17,19)(H2,16,20,21). The van der Waals surface area contributed by atoms with Crippen LogP contribution in [0.15, 0.2) is 29.2 Å². The summed E-state index contributed by atoms with van der Waals surface area (Å²) < 4.78 is 48.1. The third kappa shape index (κ3) is 4.46. The third-order valence-electron chi connectivity index (χ3n) is 3.39. The average molecular weight is 333 g/mol. The Hall–Kier alpha value is -1.58. The number of hydrogen-bond donors (Lipinski definition) is 3. The summed E-state index contributed by atoms with van der Waals surface area (Å²) in [5.41, 5.74) is 0.803. The molecule has 1 aliphatic heterocycles. The summed E-state index contributed by atoms with van der Waals surface area (Å²) in [6.45, 7) is -0.211. The van der Waals surface area contributed by atoms with Gasteiger partial charge >= 0.3 is 0 Å². The summed E-state index contributed by atoms with van der Waals surface area (Å²) in [5, 5.41) is 10.0. The molecular formula is C13H17F2N3O3S. The predicted octanol–water partition coefficient (Wildman–Crippen LogP) is -0.0101. The van der Waals surface area contributed by atoms with Crippen LogP contribution in [0, 0.1) is 0 Å². The Kier molecular flexibility index (Phi) is 4.78. The summed E-state index contributed by atoms with van der Waals surface area (Å²) in [5.74, 6) is -3.30. The Labute approximate surface area is 127 Å². The average Bonchev–Trinajstić information content (AvgIpc) is 2.79. The van der Waals surface area contributed by atoms with Crippen LogP contribution in [-0.2, 0) is 21.2 Å². The highest BCUT2D eigenvalue weighted by molar-refractivity contribution is 7.89. The molecule has 9 heteroatoms. The van der Waals surface area contributed by atoms with Gasteiger partial charge in [-0.15, -0.1) is 0 Å². The highest BCUT2D eigenvalue weighted by Crippen LogP contribution is 2.24. The smallest absolute Gasteiger partial charge is 0.262 e. The molecule has 1 unspecified atom stereocenters. The van der Waals surface area contributed by atoms with E-state index in [-0.39, 0.29) is 11.4 Å². The first-order valence-corrected chi connectivity index (χ1v) is 8.23. The van der Waals surface area contributed by atoms with Crippen LogP contribution in [0.5, 0.6) is 0 Å². The topological polar surface area (TPSA) is 101 Å². The summed E-state index contributed by atoms with van der Waals surface area (Å²) in [4.78, 5) is 11.7. The van der Waals surface area contributed by atoms with Crippen LogP contribution in [0.25, 0.3) is 0 Å². The molecule has 1 aliphatic rings. The van der Waals surface area contributed by atoms with Crippen LogP contribution < -0.4 is 15.8 Å². The van der Waals surface area contributed by atoms with E-state index in [9.17, 15) is 22.0 Å². The maximum atomic E-state index is 13.0. The fourth-order valence-electron chi connectivity index (χ4n) is 2.20. The van der Waals surface area contributed by atoms with Crippen molar-refractivity contribution in [1.82, 2.24) is 10.6 Å². The molecule has 6 nitrogen and oxygen atoms in total. The fourth-order valence-corrected chi connectivity index (χ4v) is 2.72. The van der Waals surface area contributed by atoms with Gasteiger partial charge in [-0.25, -0.2) is 22.3 Å². The van der Waals surface area contributed by atoms with Gasteiger partial charge in [0.05, 0.1) is 17.5 Å². The first-order chi connectivity index (χ1) is 10.2. The molecule has 1 fully saturated rings. The van der Waals surface area contributed by atoms with Gasteiger partial charge in [0.1, 0.15) is 0 Å². The predicted molar refractivity (Wildman–Crippen MR) is 75.9 cm³/mol. The maximum Gasteiger partial charge on any atom is 0.262 e. The van der Waals surface area contributed by atoms with E-state index in [0.717, 1.165) is 5.56 Å². The van der Waals surface area contributed by atoms with E-state index >= 15 is 0 Å². The van der Waals surface area contributed by atoms with Crippen molar-refractivity contribution in [3.63, 3.8) is 0 Å². The molecule has 4 N–H and O–H groups in total. The van der Waals surface area contributed by atoms with Gasteiger partial charge in [-0.2, -0.15) is 0 Å². The molecule has 0 spiro atoms. The van der Waals surface area contributed by atoms with Crippen LogP contribution in [0.4, 0.5) is 8.78 Å². The van der Waals surface area contributed by atoms with E-state index in [4.69, 9.17) is 5.14 Å². The highest BCUT2D eigenvalue weighted by atomic mass is 32.2. The lowest BCUT2D eigenvalue weighted by Crippen LogP contribution is -2.41. The Bertz CT molecular complexity index is 647. The van der Waals surface area contributed by atoms with Crippen LogP contribution in [0.1, 0.15) is 12.0 Å². The van der Waals surface area contributed by atoms with Gasteiger partial charge in [0.2, 0.25) is 15.9 Å². The van der Waals surface area contributed by atoms with Crippen molar-refractivity contribution < 1.29 is 22.0 Å². The van der Waals surface area contributed by atoms with E-state index in [1.54, 1.807) is 12.1 Å². The molecule has 0 bridgehead atoms. The second-order valence-electron chi connectivity index (χ2n) is 5.22. The first kappa shape index (κ1) is 16.8. The number of nitrogens with two attached hydrogens (primary N) is 1. The van der Waals surface area contributed by atoms with E-state index in [1.165, 1.54) is 12.1 Å². The lowest BCUT2D eigenvalue weighted by atomic mass is 10.1. The second-order valence-corrected chi connectivity index (χ2v) is 6.78. The molecule has 0 aliphatic carbocycles. The molecule has 2 rings (SSSR count). The van der Waals surface area contributed by atoms with E-state index in [0.29, 0.717) is 6.42 Å². The number of carbonyl (C=O) groups is 1. The van der Waals surface area contributed by atoms with Crippen molar-refractivity contribution in [2.45, 2.75) is 29.7 Å². The molecular weight excluding hydrogens is 316 g/mol. The minimum Gasteiger partial charge on any atom is -0.354 e. The third-order valence-corrected chi connectivity index (χ3v) is 4.32. The molecule has 0 radical (unpaired) electrons. The number of sulfonamides is 1. The normalized spacial score (nSPS) is 20.8. The largest absolute Gasteiger partial charge is 0.354 e. The SMILES string of the molecule is NS(=O)(=O)c1ccc(CCNC(=O)C2CC(F)(F)CN2)cc1. The Morgan fingerprint density at radius 3 is 2.50 bits per heavy atom. The van der Waals surface area contributed by atoms with E-state index < -0.39 is 40.9 Å². The number of rotatable bonds is 5. The van der Waals surface area contributed by atoms with Crippen molar-refractivity contribution in [3.05, 3.63) is 29.8 Å². The zero-order chi connectivity index (χ0) is 16.4. The van der Waals surface area contributed by atoms with E-state index in [2.05, 4.69) is 10.6 Å². The van der Waals surface area contributed by atoms with Crippen molar-refractivity contribution in [3.8, 4) is 0 Å². The Morgan fingerprint density at radius 2 is 2.00 bits per heavy atom. The van der Waals surface area contributed by atoms with Gasteiger partial charge in [-0.05, 0) is 24.1 Å². The van der Waals surface area contributed by atoms with E-state index in [1.807, 2.05) is 0 Å². The van der Waals surface area contributed by atoms with Gasteiger partial charge < -0.3 is 5.32 Å². The lowest BCUT2D eigenvalue weighted by Gasteiger charge is -2.11. The fraction of sp³-hybridized carbons (Fsp3) is 0.462. The molecule has 122 valence electrons. The number of nitrogens with one attached hydrogen (secondary N) is 2. The number of primary sulfonamides is 1. The van der Waals surface area contributed by atoms with Gasteiger partial charge in [0.15, 0.2) is 0 Å². The van der Waals surface area contributed by atoms with Crippen LogP contribution >= 0.6 is 0 Å². The highest BCUT2D eigenvalue weighted by Gasteiger charge is 2.42. The molecule has 1 aromatic rings. The van der Waals surface area contributed by atoms with Crippen molar-refractivity contribution in [1.29, 1.82) is 0 Å². The van der Waals surface area contributed by atoms with Crippen LogP contribution in [0.2, 0.25) is 0 Å². The number of halogens is 2. The zero-order valence-electron chi connectivity index (χ0n) is 11.7. The molecule has 22 heavy (non-hydrogen) atoms. The van der Waals surface area contributed by atoms with Crippen molar-refractivity contribution in [2.24, 2.45) is 5.14 Å². The molecule has 1 saturated heterocycles. The summed E-state index contributed by atoms with van der Waals surface area (Å²) in [6, 6.07) is 5.07. The number of hydrogen-bond acceptors (Lipinski definition) is 4. The molecule has 1 amide bonds. The molecule has 1 aromatic carbocycles. The number of alkyl halides is 2. The lowest BCUT2D eigenvalue weighted by molar-refractivity contribution is -0.123. The van der Waals surface area contributed by atoms with Gasteiger partial charge in [-0.1, -0.05) is 12.1 Å². The summed E-state index contributed by atoms with van der Waals surface area (Å²) >= 11 is 0. The summed E-state index contributed by atoms with van der Waals surface area (Å²) in [6.07, 6.45) is -0.0400. The Balaban J connectivity index is 1.80. The zero-order valence-corrected chi connectivity index (χ0v) is 12.5. The quantitative estimate of drug-likeness (QED) is 0.705. The number of benzene rings is 1. The summed E-state index contributed by atoms with van der Waals surface area (Å²) in [7, 11) is -3.72. The van der Waals surface area contributed by atoms with Gasteiger partial charge in [0.25, 0.3) is 5.92 Å². The second kappa shape index (κ2) is 6.27. The van der Waals surface area contributed by atoms with Crippen molar-refractivity contribution >= 4 is 15.9 Å². The van der Waals surface area contributed by atoms with Gasteiger partial charge in [-0.3, -0.25) is 10.1 Å². The molecule has 0 saturated carbocycles. The number of carbonyl (C=O) groups excluding carboxylic acids is 1. The maximum absolute atomic E-state index is 13.0. The minimum atomic E-state index is -3.72. The molecule has 1 heterocycles. The first-order valence-electron chi connectivity index (χ1n) is 6.68. The van der Waals surface area contributed by atoms with Crippen LogP contribution in [-0.4, -0.2) is 39.4 Å². The van der Waals surface area contributed by atoms with Crippen molar-refractivity contribution in [2.75, 3.05) is 13.1 Å². The van der Waals surface area contributed by atoms with Crippen LogP contribution in [0.3, 0.4) is 0 Å². The van der Waals surface area contributed by atoms with Gasteiger partial charge in [0, 0.05) is 13.0 Å². The molecule has 1 atom stereocenters. The molecule has 0 aromatic heterocycles. The minimum absolute atomic E-state index is 0.0117.